The molecule has 0 aliphatic carbocycles. The largest absolute Gasteiger partial charge is 0.309 e. The van der Waals surface area contributed by atoms with Gasteiger partial charge in [0.1, 0.15) is 0 Å². The topological polar surface area (TPSA) is 57.7 Å². The molecule has 7 heteroatoms. The number of carbonyl (C=O) groups is 1. The van der Waals surface area contributed by atoms with Crippen molar-refractivity contribution in [2.45, 2.75) is 24.2 Å². The Morgan fingerprint density at radius 1 is 0.893 bits per heavy atom. The molecule has 0 fully saturated rings. The normalized spacial score (nSPS) is 18.8. The van der Waals surface area contributed by atoms with Crippen molar-refractivity contribution in [2.24, 2.45) is 0 Å². The van der Waals surface area contributed by atoms with Crippen molar-refractivity contribution in [3.8, 4) is 0 Å². The summed E-state index contributed by atoms with van der Waals surface area (Å²) >= 11 is 5.88. The molecular formula is C21H21ClN2O3S. The van der Waals surface area contributed by atoms with Crippen LogP contribution in [0.1, 0.15) is 19.3 Å². The molecule has 0 bridgehead atoms. The maximum atomic E-state index is 13.1. The minimum Gasteiger partial charge on any atom is -0.309 e. The standard InChI is InChI=1S/C21H21ClN2O3S/c22-17-8-10-19(11-9-17)28(26,27)23-14-12-20-16(15-23)5-4-13-24(21(20)25)18-6-2-1-3-7-18/h1-3,6-11H,4-5,12-15H2. The number of hydrogen-bond acceptors (Lipinski definition) is 3. The summed E-state index contributed by atoms with van der Waals surface area (Å²) in [4.78, 5) is 15.2. The summed E-state index contributed by atoms with van der Waals surface area (Å²) in [6.07, 6.45) is 1.98. The van der Waals surface area contributed by atoms with E-state index in [0.29, 0.717) is 24.5 Å². The van der Waals surface area contributed by atoms with Gasteiger partial charge in [0.05, 0.1) is 4.90 Å². The van der Waals surface area contributed by atoms with Gasteiger partial charge in [0, 0.05) is 35.9 Å². The van der Waals surface area contributed by atoms with Gasteiger partial charge in [-0.1, -0.05) is 29.8 Å². The van der Waals surface area contributed by atoms with Gasteiger partial charge in [0.2, 0.25) is 10.0 Å². The predicted molar refractivity (Wildman–Crippen MR) is 110 cm³/mol. The summed E-state index contributed by atoms with van der Waals surface area (Å²) in [7, 11) is -3.61. The van der Waals surface area contributed by atoms with Gasteiger partial charge in [-0.25, -0.2) is 8.42 Å². The second-order valence-electron chi connectivity index (χ2n) is 7.02. The molecule has 2 heterocycles. The fraction of sp³-hybridized carbons (Fsp3) is 0.286. The number of para-hydroxylation sites is 1. The van der Waals surface area contributed by atoms with Gasteiger partial charge in [-0.15, -0.1) is 0 Å². The zero-order valence-corrected chi connectivity index (χ0v) is 16.9. The molecule has 2 aliphatic heterocycles. The summed E-state index contributed by atoms with van der Waals surface area (Å²) in [5.74, 6) is 0.00207. The second-order valence-corrected chi connectivity index (χ2v) is 9.39. The van der Waals surface area contributed by atoms with Gasteiger partial charge in [0.15, 0.2) is 0 Å². The first-order valence-electron chi connectivity index (χ1n) is 9.30. The number of carbonyl (C=O) groups excluding carboxylic acids is 1. The van der Waals surface area contributed by atoms with E-state index in [1.165, 1.54) is 16.4 Å². The molecule has 2 aliphatic rings. The first-order chi connectivity index (χ1) is 13.5. The van der Waals surface area contributed by atoms with Crippen molar-refractivity contribution < 1.29 is 13.2 Å². The van der Waals surface area contributed by atoms with E-state index in [1.807, 2.05) is 35.2 Å². The van der Waals surface area contributed by atoms with E-state index >= 15 is 0 Å². The van der Waals surface area contributed by atoms with Crippen molar-refractivity contribution in [3.05, 3.63) is 70.8 Å². The minimum absolute atomic E-state index is 0.00207. The van der Waals surface area contributed by atoms with Crippen molar-refractivity contribution in [3.63, 3.8) is 0 Å². The summed E-state index contributed by atoms with van der Waals surface area (Å²) in [5, 5.41) is 0.498. The first kappa shape index (κ1) is 19.2. The van der Waals surface area contributed by atoms with Crippen molar-refractivity contribution in [1.82, 2.24) is 4.31 Å². The molecule has 0 saturated heterocycles. The number of hydrogen-bond donors (Lipinski definition) is 0. The predicted octanol–water partition coefficient (Wildman–Crippen LogP) is 3.86. The second kappa shape index (κ2) is 7.70. The molecule has 28 heavy (non-hydrogen) atoms. The lowest BCUT2D eigenvalue weighted by molar-refractivity contribution is -0.115. The van der Waals surface area contributed by atoms with Crippen LogP contribution in [0.2, 0.25) is 5.02 Å². The zero-order valence-electron chi connectivity index (χ0n) is 15.3. The summed E-state index contributed by atoms with van der Waals surface area (Å²) in [6, 6.07) is 15.8. The van der Waals surface area contributed by atoms with Crippen LogP contribution in [-0.2, 0) is 14.8 Å². The fourth-order valence-electron chi connectivity index (χ4n) is 3.82. The Bertz CT molecular complexity index is 1020. The van der Waals surface area contributed by atoms with E-state index in [0.717, 1.165) is 29.7 Å². The van der Waals surface area contributed by atoms with Crippen LogP contribution in [0.3, 0.4) is 0 Å². The smallest absolute Gasteiger partial charge is 0.254 e. The van der Waals surface area contributed by atoms with Crippen LogP contribution in [-0.4, -0.2) is 38.3 Å². The molecule has 2 aromatic rings. The molecule has 0 aromatic heterocycles. The van der Waals surface area contributed by atoms with Crippen LogP contribution in [0.4, 0.5) is 5.69 Å². The third-order valence-corrected chi connectivity index (χ3v) is 7.40. The molecule has 0 spiro atoms. The highest BCUT2D eigenvalue weighted by molar-refractivity contribution is 7.89. The third kappa shape index (κ3) is 3.60. The lowest BCUT2D eigenvalue weighted by Crippen LogP contribution is -2.40. The maximum absolute atomic E-state index is 13.1. The summed E-state index contributed by atoms with van der Waals surface area (Å²) in [5.41, 5.74) is 2.59. The van der Waals surface area contributed by atoms with Gasteiger partial charge < -0.3 is 4.90 Å². The summed E-state index contributed by atoms with van der Waals surface area (Å²) in [6.45, 7) is 1.21. The van der Waals surface area contributed by atoms with Crippen LogP contribution in [0, 0.1) is 0 Å². The summed E-state index contributed by atoms with van der Waals surface area (Å²) < 4.78 is 27.5. The van der Waals surface area contributed by atoms with Crippen LogP contribution >= 0.6 is 11.6 Å². The van der Waals surface area contributed by atoms with Crippen LogP contribution < -0.4 is 4.90 Å². The van der Waals surface area contributed by atoms with Crippen LogP contribution in [0.5, 0.6) is 0 Å². The molecule has 4 rings (SSSR count). The van der Waals surface area contributed by atoms with Crippen molar-refractivity contribution >= 4 is 33.2 Å². The van der Waals surface area contributed by atoms with Crippen LogP contribution in [0.25, 0.3) is 0 Å². The van der Waals surface area contributed by atoms with Gasteiger partial charge in [-0.2, -0.15) is 4.31 Å². The van der Waals surface area contributed by atoms with E-state index in [1.54, 1.807) is 12.1 Å². The molecule has 0 unspecified atom stereocenters. The van der Waals surface area contributed by atoms with E-state index in [4.69, 9.17) is 11.6 Å². The highest BCUT2D eigenvalue weighted by atomic mass is 35.5. The first-order valence-corrected chi connectivity index (χ1v) is 11.1. The number of sulfonamides is 1. The number of nitrogens with zero attached hydrogens (tertiary/aromatic N) is 2. The van der Waals surface area contributed by atoms with Gasteiger partial charge in [-0.05, 0) is 61.2 Å². The Balaban J connectivity index is 1.60. The Morgan fingerprint density at radius 3 is 2.32 bits per heavy atom. The zero-order chi connectivity index (χ0) is 19.7. The maximum Gasteiger partial charge on any atom is 0.254 e. The highest BCUT2D eigenvalue weighted by Gasteiger charge is 2.34. The van der Waals surface area contributed by atoms with E-state index in [2.05, 4.69) is 0 Å². The molecule has 1 amide bonds. The highest BCUT2D eigenvalue weighted by Crippen LogP contribution is 2.31. The van der Waals surface area contributed by atoms with Gasteiger partial charge in [0.25, 0.3) is 5.91 Å². The molecule has 146 valence electrons. The third-order valence-electron chi connectivity index (χ3n) is 5.29. The average Bonchev–Trinajstić information content (AvgIpc) is 2.87. The van der Waals surface area contributed by atoms with Gasteiger partial charge >= 0.3 is 0 Å². The lowest BCUT2D eigenvalue weighted by atomic mass is 9.98. The molecular weight excluding hydrogens is 396 g/mol. The quantitative estimate of drug-likeness (QED) is 0.763. The molecule has 0 saturated carbocycles. The van der Waals surface area contributed by atoms with E-state index in [-0.39, 0.29) is 17.3 Å². The van der Waals surface area contributed by atoms with E-state index in [9.17, 15) is 13.2 Å². The number of anilines is 1. The van der Waals surface area contributed by atoms with Crippen molar-refractivity contribution in [1.29, 1.82) is 0 Å². The molecule has 0 radical (unpaired) electrons. The van der Waals surface area contributed by atoms with Crippen molar-refractivity contribution in [2.75, 3.05) is 24.5 Å². The Kier molecular flexibility index (Phi) is 5.27. The van der Waals surface area contributed by atoms with E-state index < -0.39 is 10.0 Å². The fourth-order valence-corrected chi connectivity index (χ4v) is 5.38. The molecule has 5 nitrogen and oxygen atoms in total. The average molecular weight is 417 g/mol. The monoisotopic (exact) mass is 416 g/mol. The van der Waals surface area contributed by atoms with Gasteiger partial charge in [-0.3, -0.25) is 4.79 Å². The Morgan fingerprint density at radius 2 is 1.61 bits per heavy atom. The number of halogens is 1. The molecule has 0 atom stereocenters. The number of rotatable bonds is 3. The Labute approximate surface area is 170 Å². The van der Waals surface area contributed by atoms with Crippen LogP contribution in [0.15, 0.2) is 70.6 Å². The SMILES string of the molecule is O=C1C2=C(CCCN1c1ccccc1)CN(S(=O)(=O)c1ccc(Cl)cc1)CC2. The Hall–Kier alpha value is -2.15. The number of amides is 1. The lowest BCUT2D eigenvalue weighted by Gasteiger charge is -2.30. The molecule has 0 N–H and O–H groups in total. The molecule has 2 aromatic carbocycles. The minimum atomic E-state index is -3.61. The number of benzene rings is 2.